The van der Waals surface area contributed by atoms with Gasteiger partial charge in [0.05, 0.1) is 0 Å². The van der Waals surface area contributed by atoms with E-state index in [2.05, 4.69) is 6.92 Å². The number of carbonyl (C=O) groups excluding carboxylic acids is 1. The molecule has 1 nitrogen and oxygen atoms in total. The molecule has 0 fully saturated rings. The van der Waals surface area contributed by atoms with Crippen LogP contribution in [0.25, 0.3) is 0 Å². The summed E-state index contributed by atoms with van der Waals surface area (Å²) in [5.74, 6) is 1.32. The molecule has 0 heterocycles. The Bertz CT molecular complexity index is 329. The lowest BCUT2D eigenvalue weighted by Crippen LogP contribution is -1.90. The second-order valence-electron chi connectivity index (χ2n) is 4.34. The zero-order valence-corrected chi connectivity index (χ0v) is 11.7. The summed E-state index contributed by atoms with van der Waals surface area (Å²) >= 11 is 1.89. The van der Waals surface area contributed by atoms with E-state index in [0.29, 0.717) is 0 Å². The first kappa shape index (κ1) is 14.3. The Morgan fingerprint density at radius 3 is 2.29 bits per heavy atom. The fraction of sp³-hybridized carbons (Fsp3) is 0.533. The maximum absolute atomic E-state index is 11.1. The molecule has 0 unspecified atom stereocenters. The Labute approximate surface area is 109 Å². The Morgan fingerprint density at radius 1 is 1.06 bits per heavy atom. The summed E-state index contributed by atoms with van der Waals surface area (Å²) in [6, 6.07) is 7.93. The quantitative estimate of drug-likeness (QED) is 0.369. The first-order valence-electron chi connectivity index (χ1n) is 6.48. The molecule has 0 aliphatic carbocycles. The molecule has 94 valence electrons. The smallest absolute Gasteiger partial charge is 0.159 e. The Hall–Kier alpha value is -0.760. The van der Waals surface area contributed by atoms with Crippen molar-refractivity contribution in [1.82, 2.24) is 0 Å². The van der Waals surface area contributed by atoms with Crippen molar-refractivity contribution in [2.75, 3.05) is 5.75 Å². The second kappa shape index (κ2) is 8.35. The van der Waals surface area contributed by atoms with Gasteiger partial charge in [-0.25, -0.2) is 0 Å². The largest absolute Gasteiger partial charge is 0.295 e. The molecular weight excluding hydrogens is 228 g/mol. The van der Waals surface area contributed by atoms with Crippen LogP contribution in [-0.2, 0) is 0 Å². The summed E-state index contributed by atoms with van der Waals surface area (Å²) in [5, 5.41) is 0. The van der Waals surface area contributed by atoms with Crippen LogP contribution in [0.2, 0.25) is 0 Å². The highest BCUT2D eigenvalue weighted by Gasteiger charge is 1.99. The molecule has 17 heavy (non-hydrogen) atoms. The van der Waals surface area contributed by atoms with Crippen LogP contribution in [0, 0.1) is 0 Å². The first-order chi connectivity index (χ1) is 8.24. The monoisotopic (exact) mass is 250 g/mol. The van der Waals surface area contributed by atoms with Gasteiger partial charge in [-0.3, -0.25) is 4.79 Å². The SMILES string of the molecule is CCCCCCCSc1ccc(C(C)=O)cc1. The maximum atomic E-state index is 11.1. The number of thioether (sulfide) groups is 1. The maximum Gasteiger partial charge on any atom is 0.159 e. The minimum Gasteiger partial charge on any atom is -0.295 e. The van der Waals surface area contributed by atoms with Gasteiger partial charge in [0.15, 0.2) is 5.78 Å². The summed E-state index contributed by atoms with van der Waals surface area (Å²) in [6.45, 7) is 3.85. The summed E-state index contributed by atoms with van der Waals surface area (Å²) in [4.78, 5) is 12.4. The zero-order chi connectivity index (χ0) is 12.5. The van der Waals surface area contributed by atoms with Gasteiger partial charge in [-0.15, -0.1) is 11.8 Å². The molecule has 1 aromatic rings. The molecule has 0 saturated heterocycles. The summed E-state index contributed by atoms with van der Waals surface area (Å²) in [6.07, 6.45) is 6.66. The van der Waals surface area contributed by atoms with Crippen molar-refractivity contribution < 1.29 is 4.79 Å². The lowest BCUT2D eigenvalue weighted by molar-refractivity contribution is 0.101. The van der Waals surface area contributed by atoms with Crippen LogP contribution in [0.1, 0.15) is 56.3 Å². The minimum atomic E-state index is 0.140. The Morgan fingerprint density at radius 2 is 1.71 bits per heavy atom. The first-order valence-corrected chi connectivity index (χ1v) is 7.46. The molecule has 0 saturated carbocycles. The van der Waals surface area contributed by atoms with Crippen LogP contribution in [0.4, 0.5) is 0 Å². The highest BCUT2D eigenvalue weighted by atomic mass is 32.2. The lowest BCUT2D eigenvalue weighted by atomic mass is 10.2. The van der Waals surface area contributed by atoms with E-state index in [0.717, 1.165) is 5.56 Å². The van der Waals surface area contributed by atoms with E-state index < -0.39 is 0 Å². The average molecular weight is 250 g/mol. The highest BCUT2D eigenvalue weighted by molar-refractivity contribution is 7.99. The summed E-state index contributed by atoms with van der Waals surface area (Å²) < 4.78 is 0. The van der Waals surface area contributed by atoms with Crippen LogP contribution >= 0.6 is 11.8 Å². The van der Waals surface area contributed by atoms with Crippen LogP contribution in [0.5, 0.6) is 0 Å². The van der Waals surface area contributed by atoms with Crippen LogP contribution in [0.15, 0.2) is 29.2 Å². The van der Waals surface area contributed by atoms with Crippen molar-refractivity contribution in [1.29, 1.82) is 0 Å². The van der Waals surface area contributed by atoms with Gasteiger partial charge >= 0.3 is 0 Å². The number of ketones is 1. The standard InChI is InChI=1S/C15H22OS/c1-3-4-5-6-7-12-17-15-10-8-14(9-11-15)13(2)16/h8-11H,3-7,12H2,1-2H3. The van der Waals surface area contributed by atoms with Crippen molar-refractivity contribution in [3.8, 4) is 0 Å². The molecule has 2 heteroatoms. The topological polar surface area (TPSA) is 17.1 Å². The predicted molar refractivity (Wildman–Crippen MR) is 75.9 cm³/mol. The third kappa shape index (κ3) is 5.92. The molecule has 0 aliphatic rings. The van der Waals surface area contributed by atoms with Gasteiger partial charge < -0.3 is 0 Å². The van der Waals surface area contributed by atoms with E-state index >= 15 is 0 Å². The number of carbonyl (C=O) groups is 1. The molecule has 0 bridgehead atoms. The van der Waals surface area contributed by atoms with E-state index in [4.69, 9.17) is 0 Å². The van der Waals surface area contributed by atoms with Gasteiger partial charge in [-0.05, 0) is 31.2 Å². The fourth-order valence-corrected chi connectivity index (χ4v) is 2.59. The van der Waals surface area contributed by atoms with Crippen molar-refractivity contribution in [3.05, 3.63) is 29.8 Å². The van der Waals surface area contributed by atoms with Crippen LogP contribution in [-0.4, -0.2) is 11.5 Å². The molecule has 1 aromatic carbocycles. The third-order valence-electron chi connectivity index (χ3n) is 2.78. The van der Waals surface area contributed by atoms with Crippen molar-refractivity contribution in [3.63, 3.8) is 0 Å². The molecule has 0 N–H and O–H groups in total. The molecule has 0 radical (unpaired) electrons. The fourth-order valence-electron chi connectivity index (χ4n) is 1.68. The third-order valence-corrected chi connectivity index (χ3v) is 3.88. The van der Waals surface area contributed by atoms with E-state index in [1.807, 2.05) is 36.0 Å². The molecular formula is C15H22OS. The predicted octanol–water partition coefficient (Wildman–Crippen LogP) is 4.95. The van der Waals surface area contributed by atoms with E-state index in [9.17, 15) is 4.79 Å². The van der Waals surface area contributed by atoms with Gasteiger partial charge in [-0.1, -0.05) is 44.7 Å². The van der Waals surface area contributed by atoms with Gasteiger partial charge in [-0.2, -0.15) is 0 Å². The summed E-state index contributed by atoms with van der Waals surface area (Å²) in [7, 11) is 0. The molecule has 0 spiro atoms. The average Bonchev–Trinajstić information content (AvgIpc) is 2.34. The molecule has 1 rings (SSSR count). The number of hydrogen-bond acceptors (Lipinski definition) is 2. The number of rotatable bonds is 8. The van der Waals surface area contributed by atoms with E-state index in [1.54, 1.807) is 6.92 Å². The summed E-state index contributed by atoms with van der Waals surface area (Å²) in [5.41, 5.74) is 0.803. The van der Waals surface area contributed by atoms with Crippen molar-refractivity contribution in [2.24, 2.45) is 0 Å². The number of unbranched alkanes of at least 4 members (excludes halogenated alkanes) is 4. The molecule has 0 aromatic heterocycles. The lowest BCUT2D eigenvalue weighted by Gasteiger charge is -2.02. The van der Waals surface area contributed by atoms with Crippen LogP contribution < -0.4 is 0 Å². The van der Waals surface area contributed by atoms with Gasteiger partial charge in [0.2, 0.25) is 0 Å². The Balaban J connectivity index is 2.21. The molecule has 0 aliphatic heterocycles. The molecule has 0 amide bonds. The minimum absolute atomic E-state index is 0.140. The van der Waals surface area contributed by atoms with Crippen molar-refractivity contribution in [2.45, 2.75) is 50.8 Å². The normalized spacial score (nSPS) is 10.5. The number of hydrogen-bond donors (Lipinski definition) is 0. The Kier molecular flexibility index (Phi) is 7.02. The molecule has 0 atom stereocenters. The number of Topliss-reactive ketones (excluding diaryl/α,β-unsaturated/α-hetero) is 1. The van der Waals surface area contributed by atoms with Gasteiger partial charge in [0.1, 0.15) is 0 Å². The van der Waals surface area contributed by atoms with Crippen LogP contribution in [0.3, 0.4) is 0 Å². The zero-order valence-electron chi connectivity index (χ0n) is 10.9. The van der Waals surface area contributed by atoms with E-state index in [-0.39, 0.29) is 5.78 Å². The number of benzene rings is 1. The highest BCUT2D eigenvalue weighted by Crippen LogP contribution is 2.20. The second-order valence-corrected chi connectivity index (χ2v) is 5.51. The van der Waals surface area contributed by atoms with Gasteiger partial charge in [0.25, 0.3) is 0 Å². The van der Waals surface area contributed by atoms with Crippen molar-refractivity contribution >= 4 is 17.5 Å². The van der Waals surface area contributed by atoms with E-state index in [1.165, 1.54) is 42.8 Å². The van der Waals surface area contributed by atoms with Gasteiger partial charge in [0, 0.05) is 10.5 Å².